The molecule has 0 saturated heterocycles. The van der Waals surface area contributed by atoms with Crippen LogP contribution in [-0.4, -0.2) is 53.7 Å². The standard InChI is InChI=1S/C23H22ClN7O5S/c1-34-19-13-26-23(27-14-19)36-11-10-35-22-20(17-2-4-18(24)5-3-17)21(28-15-29-22)31-37(32,33)30-12-16-6-8-25-9-7-16/h2-9,13-15,30H,10-12H2,1H3,(H,28,29,31). The molecule has 0 fully saturated rings. The van der Waals surface area contributed by atoms with Crippen LogP contribution in [0, 0.1) is 0 Å². The highest BCUT2D eigenvalue weighted by atomic mass is 35.5. The molecule has 0 aliphatic carbocycles. The molecule has 0 atom stereocenters. The lowest BCUT2D eigenvalue weighted by atomic mass is 10.1. The van der Waals surface area contributed by atoms with E-state index in [9.17, 15) is 8.42 Å². The van der Waals surface area contributed by atoms with E-state index in [1.165, 1.54) is 25.8 Å². The highest BCUT2D eigenvalue weighted by Crippen LogP contribution is 2.34. The van der Waals surface area contributed by atoms with Crippen molar-refractivity contribution < 1.29 is 22.6 Å². The predicted octanol–water partition coefficient (Wildman–Crippen LogP) is 2.89. The topological polar surface area (TPSA) is 150 Å². The molecule has 0 aliphatic rings. The number of halogens is 1. The second kappa shape index (κ2) is 12.3. The summed E-state index contributed by atoms with van der Waals surface area (Å²) >= 11 is 6.04. The average molecular weight is 544 g/mol. The molecule has 192 valence electrons. The van der Waals surface area contributed by atoms with E-state index in [2.05, 4.69) is 34.4 Å². The van der Waals surface area contributed by atoms with Gasteiger partial charge in [0.25, 0.3) is 0 Å². The molecular formula is C23H22ClN7O5S. The molecule has 37 heavy (non-hydrogen) atoms. The van der Waals surface area contributed by atoms with Crippen molar-refractivity contribution in [2.75, 3.05) is 25.0 Å². The summed E-state index contributed by atoms with van der Waals surface area (Å²) in [7, 11) is -2.49. The van der Waals surface area contributed by atoms with E-state index in [0.717, 1.165) is 5.56 Å². The summed E-state index contributed by atoms with van der Waals surface area (Å²) in [6.45, 7) is 0.234. The van der Waals surface area contributed by atoms with Gasteiger partial charge in [-0.05, 0) is 35.4 Å². The van der Waals surface area contributed by atoms with Gasteiger partial charge in [0.15, 0.2) is 11.6 Å². The number of nitrogens with zero attached hydrogens (tertiary/aromatic N) is 5. The first kappa shape index (κ1) is 26.0. The van der Waals surface area contributed by atoms with Crippen LogP contribution in [0.15, 0.2) is 67.5 Å². The van der Waals surface area contributed by atoms with Gasteiger partial charge in [-0.3, -0.25) is 9.71 Å². The minimum atomic E-state index is -4.00. The molecule has 2 N–H and O–H groups in total. The maximum Gasteiger partial charge on any atom is 0.316 e. The molecule has 4 aromatic rings. The van der Waals surface area contributed by atoms with Crippen molar-refractivity contribution in [3.8, 4) is 28.8 Å². The van der Waals surface area contributed by atoms with Gasteiger partial charge < -0.3 is 14.2 Å². The van der Waals surface area contributed by atoms with E-state index >= 15 is 0 Å². The molecule has 1 aromatic carbocycles. The maximum atomic E-state index is 12.8. The Hall–Kier alpha value is -4.07. The number of hydrogen-bond acceptors (Lipinski definition) is 10. The molecule has 4 rings (SSSR count). The smallest absolute Gasteiger partial charge is 0.316 e. The van der Waals surface area contributed by atoms with E-state index in [1.807, 2.05) is 0 Å². The Morgan fingerprint density at radius 3 is 2.32 bits per heavy atom. The van der Waals surface area contributed by atoms with E-state index in [1.54, 1.807) is 48.8 Å². The van der Waals surface area contributed by atoms with E-state index in [4.69, 9.17) is 25.8 Å². The molecule has 0 aliphatic heterocycles. The van der Waals surface area contributed by atoms with Crippen LogP contribution in [0.3, 0.4) is 0 Å². The molecule has 3 heterocycles. The molecule has 14 heteroatoms. The number of nitrogens with one attached hydrogen (secondary N) is 2. The number of pyridine rings is 1. The zero-order valence-electron chi connectivity index (χ0n) is 19.5. The van der Waals surface area contributed by atoms with Crippen LogP contribution in [0.2, 0.25) is 5.02 Å². The number of rotatable bonds is 12. The summed E-state index contributed by atoms with van der Waals surface area (Å²) in [5.74, 6) is 0.666. The highest BCUT2D eigenvalue weighted by molar-refractivity contribution is 7.90. The molecule has 3 aromatic heterocycles. The first-order valence-corrected chi connectivity index (χ1v) is 12.7. The largest absolute Gasteiger partial charge is 0.494 e. The number of aromatic nitrogens is 5. The predicted molar refractivity (Wildman–Crippen MR) is 136 cm³/mol. The average Bonchev–Trinajstić information content (AvgIpc) is 2.91. The van der Waals surface area contributed by atoms with E-state index < -0.39 is 10.2 Å². The summed E-state index contributed by atoms with van der Waals surface area (Å²) in [5.41, 5.74) is 1.66. The number of benzene rings is 1. The van der Waals surface area contributed by atoms with Crippen LogP contribution >= 0.6 is 11.6 Å². The molecular weight excluding hydrogens is 522 g/mol. The van der Waals surface area contributed by atoms with Crippen LogP contribution in [0.5, 0.6) is 17.6 Å². The Kier molecular flexibility index (Phi) is 8.61. The van der Waals surface area contributed by atoms with Crippen LogP contribution in [0.1, 0.15) is 5.56 Å². The second-order valence-corrected chi connectivity index (χ2v) is 9.23. The third kappa shape index (κ3) is 7.46. The fourth-order valence-corrected chi connectivity index (χ4v) is 4.00. The van der Waals surface area contributed by atoms with Crippen molar-refractivity contribution in [1.29, 1.82) is 0 Å². The van der Waals surface area contributed by atoms with Gasteiger partial charge in [0, 0.05) is 24.0 Å². The minimum Gasteiger partial charge on any atom is -0.494 e. The fourth-order valence-electron chi connectivity index (χ4n) is 3.03. The summed E-state index contributed by atoms with van der Waals surface area (Å²) in [4.78, 5) is 20.3. The maximum absolute atomic E-state index is 12.8. The second-order valence-electron chi connectivity index (χ2n) is 7.29. The highest BCUT2D eigenvalue weighted by Gasteiger charge is 2.20. The Bertz CT molecular complexity index is 1410. The van der Waals surface area contributed by atoms with Gasteiger partial charge in [-0.1, -0.05) is 23.7 Å². The number of hydrogen-bond donors (Lipinski definition) is 2. The SMILES string of the molecule is COc1cnc(OCCOc2ncnc(NS(=O)(=O)NCc3ccncc3)c2-c2ccc(Cl)cc2)nc1. The molecule has 0 amide bonds. The van der Waals surface area contributed by atoms with Crippen LogP contribution in [0.25, 0.3) is 11.1 Å². The lowest BCUT2D eigenvalue weighted by molar-refractivity contribution is 0.201. The Labute approximate surface area is 218 Å². The van der Waals surface area contributed by atoms with Gasteiger partial charge in [-0.2, -0.15) is 23.1 Å². The Morgan fingerprint density at radius 2 is 1.62 bits per heavy atom. The number of ether oxygens (including phenoxy) is 3. The monoisotopic (exact) mass is 543 g/mol. The molecule has 0 radical (unpaired) electrons. The lowest BCUT2D eigenvalue weighted by Crippen LogP contribution is -2.30. The third-order valence-corrected chi connectivity index (χ3v) is 6.02. The number of anilines is 1. The van der Waals surface area contributed by atoms with Crippen molar-refractivity contribution >= 4 is 27.6 Å². The van der Waals surface area contributed by atoms with Crippen LogP contribution in [-0.2, 0) is 16.8 Å². The Morgan fingerprint density at radius 1 is 0.919 bits per heavy atom. The first-order valence-electron chi connectivity index (χ1n) is 10.8. The van der Waals surface area contributed by atoms with Crippen molar-refractivity contribution in [2.24, 2.45) is 0 Å². The van der Waals surface area contributed by atoms with E-state index in [0.29, 0.717) is 21.9 Å². The molecule has 0 bridgehead atoms. The van der Waals surface area contributed by atoms with E-state index in [-0.39, 0.29) is 37.5 Å². The summed E-state index contributed by atoms with van der Waals surface area (Å²) in [6.07, 6.45) is 7.31. The van der Waals surface area contributed by atoms with Crippen LogP contribution in [0.4, 0.5) is 5.82 Å². The van der Waals surface area contributed by atoms with Gasteiger partial charge in [0.1, 0.15) is 19.5 Å². The summed E-state index contributed by atoms with van der Waals surface area (Å²) < 4.78 is 46.8. The van der Waals surface area contributed by atoms with Crippen molar-refractivity contribution in [2.45, 2.75) is 6.54 Å². The zero-order valence-corrected chi connectivity index (χ0v) is 21.1. The molecule has 0 spiro atoms. The van der Waals surface area contributed by atoms with Crippen molar-refractivity contribution in [1.82, 2.24) is 29.6 Å². The summed E-state index contributed by atoms with van der Waals surface area (Å²) in [5, 5.41) is 0.511. The van der Waals surface area contributed by atoms with Crippen molar-refractivity contribution in [3.05, 3.63) is 78.1 Å². The van der Waals surface area contributed by atoms with Crippen LogP contribution < -0.4 is 23.7 Å². The van der Waals surface area contributed by atoms with Gasteiger partial charge in [-0.15, -0.1) is 0 Å². The zero-order chi connectivity index (χ0) is 26.1. The van der Waals surface area contributed by atoms with Gasteiger partial charge >= 0.3 is 16.2 Å². The minimum absolute atomic E-state index is 0.0222. The number of methoxy groups -OCH3 is 1. The Balaban J connectivity index is 1.50. The normalized spacial score (nSPS) is 11.1. The van der Waals surface area contributed by atoms with Gasteiger partial charge in [0.2, 0.25) is 5.88 Å². The van der Waals surface area contributed by atoms with Gasteiger partial charge in [-0.25, -0.2) is 9.97 Å². The van der Waals surface area contributed by atoms with Gasteiger partial charge in [0.05, 0.1) is 25.1 Å². The van der Waals surface area contributed by atoms with Crippen molar-refractivity contribution in [3.63, 3.8) is 0 Å². The molecule has 0 saturated carbocycles. The summed E-state index contributed by atoms with van der Waals surface area (Å²) in [6, 6.07) is 10.3. The lowest BCUT2D eigenvalue weighted by Gasteiger charge is -2.16. The fraction of sp³-hybridized carbons (Fsp3) is 0.174. The molecule has 12 nitrogen and oxygen atoms in total. The molecule has 0 unspecified atom stereocenters. The first-order chi connectivity index (χ1) is 17.9. The quantitative estimate of drug-likeness (QED) is 0.255. The third-order valence-electron chi connectivity index (χ3n) is 4.79.